The van der Waals surface area contributed by atoms with Gasteiger partial charge in [0, 0.05) is 19.2 Å². The topological polar surface area (TPSA) is 50.8 Å². The summed E-state index contributed by atoms with van der Waals surface area (Å²) in [6, 6.07) is 4.43. The van der Waals surface area contributed by atoms with Gasteiger partial charge in [0.05, 0.1) is 18.8 Å². The SMILES string of the molecule is COc1cc(F)ccc1NC1CN(C(=O)OC(C)(C)C)C1. The van der Waals surface area contributed by atoms with Crippen molar-refractivity contribution in [3.05, 3.63) is 24.0 Å². The molecule has 0 spiro atoms. The summed E-state index contributed by atoms with van der Waals surface area (Å²) in [7, 11) is 1.49. The number of anilines is 1. The molecule has 0 radical (unpaired) electrons. The molecule has 1 amide bonds. The van der Waals surface area contributed by atoms with Gasteiger partial charge in [-0.3, -0.25) is 0 Å². The number of hydrogen-bond acceptors (Lipinski definition) is 4. The second kappa shape index (κ2) is 5.79. The van der Waals surface area contributed by atoms with Gasteiger partial charge < -0.3 is 19.7 Å². The molecule has 1 aliphatic heterocycles. The van der Waals surface area contributed by atoms with E-state index in [2.05, 4.69) is 5.32 Å². The molecule has 0 aliphatic carbocycles. The van der Waals surface area contributed by atoms with Crippen molar-refractivity contribution in [1.29, 1.82) is 0 Å². The number of rotatable bonds is 3. The molecule has 1 fully saturated rings. The number of benzene rings is 1. The monoisotopic (exact) mass is 296 g/mol. The molecule has 0 bridgehead atoms. The van der Waals surface area contributed by atoms with Gasteiger partial charge in [-0.25, -0.2) is 9.18 Å². The van der Waals surface area contributed by atoms with Crippen LogP contribution in [0, 0.1) is 5.82 Å². The number of methoxy groups -OCH3 is 1. The highest BCUT2D eigenvalue weighted by Crippen LogP contribution is 2.27. The Bertz CT molecular complexity index is 522. The Kier molecular flexibility index (Phi) is 4.25. The first kappa shape index (κ1) is 15.4. The number of hydrogen-bond donors (Lipinski definition) is 1. The van der Waals surface area contributed by atoms with Crippen LogP contribution >= 0.6 is 0 Å². The molecule has 1 aliphatic rings. The smallest absolute Gasteiger partial charge is 0.410 e. The van der Waals surface area contributed by atoms with Crippen LogP contribution < -0.4 is 10.1 Å². The van der Waals surface area contributed by atoms with Crippen LogP contribution in [-0.2, 0) is 4.74 Å². The minimum atomic E-state index is -0.490. The molecule has 0 unspecified atom stereocenters. The highest BCUT2D eigenvalue weighted by Gasteiger charge is 2.33. The van der Waals surface area contributed by atoms with E-state index in [0.29, 0.717) is 24.5 Å². The molecule has 2 rings (SSSR count). The largest absolute Gasteiger partial charge is 0.494 e. The Morgan fingerprint density at radius 3 is 2.62 bits per heavy atom. The lowest BCUT2D eigenvalue weighted by molar-refractivity contribution is 0.0105. The van der Waals surface area contributed by atoms with E-state index in [1.807, 2.05) is 20.8 Å². The number of halogens is 1. The van der Waals surface area contributed by atoms with Gasteiger partial charge in [0.1, 0.15) is 17.2 Å². The minimum Gasteiger partial charge on any atom is -0.494 e. The number of likely N-dealkylation sites (tertiary alicyclic amines) is 1. The zero-order valence-electron chi connectivity index (χ0n) is 12.8. The maximum atomic E-state index is 13.1. The average Bonchev–Trinajstić information content (AvgIpc) is 2.32. The summed E-state index contributed by atoms with van der Waals surface area (Å²) in [5.74, 6) is 0.104. The van der Waals surface area contributed by atoms with Crippen LogP contribution in [0.25, 0.3) is 0 Å². The molecule has 1 heterocycles. The Balaban J connectivity index is 1.87. The van der Waals surface area contributed by atoms with Crippen LogP contribution in [0.5, 0.6) is 5.75 Å². The molecule has 0 saturated carbocycles. The Morgan fingerprint density at radius 2 is 2.05 bits per heavy atom. The zero-order chi connectivity index (χ0) is 15.6. The van der Waals surface area contributed by atoms with E-state index in [1.54, 1.807) is 11.0 Å². The predicted molar refractivity (Wildman–Crippen MR) is 78.2 cm³/mol. The summed E-state index contributed by atoms with van der Waals surface area (Å²) in [5.41, 5.74) is 0.225. The maximum Gasteiger partial charge on any atom is 0.410 e. The van der Waals surface area contributed by atoms with Crippen LogP contribution in [0.2, 0.25) is 0 Å². The lowest BCUT2D eigenvalue weighted by Gasteiger charge is -2.40. The minimum absolute atomic E-state index is 0.108. The van der Waals surface area contributed by atoms with Gasteiger partial charge in [-0.05, 0) is 32.9 Å². The van der Waals surface area contributed by atoms with Crippen LogP contribution in [0.4, 0.5) is 14.9 Å². The fourth-order valence-corrected chi connectivity index (χ4v) is 2.05. The maximum absolute atomic E-state index is 13.1. The number of amides is 1. The highest BCUT2D eigenvalue weighted by atomic mass is 19.1. The quantitative estimate of drug-likeness (QED) is 0.932. The third kappa shape index (κ3) is 4.00. The molecule has 116 valence electrons. The number of carbonyl (C=O) groups is 1. The number of nitrogens with zero attached hydrogens (tertiary/aromatic N) is 1. The molecule has 0 aromatic heterocycles. The highest BCUT2D eigenvalue weighted by molar-refractivity contribution is 5.70. The van der Waals surface area contributed by atoms with E-state index in [-0.39, 0.29) is 18.0 Å². The summed E-state index contributed by atoms with van der Waals surface area (Å²) in [4.78, 5) is 13.4. The van der Waals surface area contributed by atoms with Gasteiger partial charge in [0.15, 0.2) is 0 Å². The molecule has 0 atom stereocenters. The molecule has 1 saturated heterocycles. The summed E-state index contributed by atoms with van der Waals surface area (Å²) in [6.07, 6.45) is -0.313. The molecule has 21 heavy (non-hydrogen) atoms. The van der Waals surface area contributed by atoms with Crippen molar-refractivity contribution in [3.8, 4) is 5.75 Å². The molecular weight excluding hydrogens is 275 g/mol. The van der Waals surface area contributed by atoms with Gasteiger partial charge in [0.25, 0.3) is 0 Å². The van der Waals surface area contributed by atoms with Gasteiger partial charge in [0.2, 0.25) is 0 Å². The van der Waals surface area contributed by atoms with Crippen LogP contribution in [0.1, 0.15) is 20.8 Å². The van der Waals surface area contributed by atoms with Crippen molar-refractivity contribution in [2.45, 2.75) is 32.4 Å². The van der Waals surface area contributed by atoms with Gasteiger partial charge in [-0.1, -0.05) is 0 Å². The zero-order valence-corrected chi connectivity index (χ0v) is 12.8. The fourth-order valence-electron chi connectivity index (χ4n) is 2.05. The Labute approximate surface area is 124 Å². The van der Waals surface area contributed by atoms with Gasteiger partial charge in [-0.2, -0.15) is 0 Å². The number of nitrogens with one attached hydrogen (secondary N) is 1. The van der Waals surface area contributed by atoms with Crippen molar-refractivity contribution in [2.24, 2.45) is 0 Å². The summed E-state index contributed by atoms with van der Waals surface area (Å²) < 4.78 is 23.5. The fraction of sp³-hybridized carbons (Fsp3) is 0.533. The molecule has 6 heteroatoms. The number of carbonyl (C=O) groups excluding carboxylic acids is 1. The predicted octanol–water partition coefficient (Wildman–Crippen LogP) is 2.87. The first-order chi connectivity index (χ1) is 9.78. The van der Waals surface area contributed by atoms with Crippen LogP contribution in [0.3, 0.4) is 0 Å². The lowest BCUT2D eigenvalue weighted by atomic mass is 10.1. The standard InChI is InChI=1S/C15H21FN2O3/c1-15(2,3)21-14(19)18-8-11(9-18)17-12-6-5-10(16)7-13(12)20-4/h5-7,11,17H,8-9H2,1-4H3. The van der Waals surface area contributed by atoms with E-state index < -0.39 is 5.60 Å². The van der Waals surface area contributed by atoms with Crippen molar-refractivity contribution >= 4 is 11.8 Å². The van der Waals surface area contributed by atoms with E-state index in [4.69, 9.17) is 9.47 Å². The molecule has 1 aromatic rings. The first-order valence-corrected chi connectivity index (χ1v) is 6.86. The third-order valence-electron chi connectivity index (χ3n) is 3.06. The summed E-state index contributed by atoms with van der Waals surface area (Å²) >= 11 is 0. The Hall–Kier alpha value is -1.98. The Morgan fingerprint density at radius 1 is 1.38 bits per heavy atom. The van der Waals surface area contributed by atoms with E-state index in [1.165, 1.54) is 19.2 Å². The first-order valence-electron chi connectivity index (χ1n) is 6.86. The van der Waals surface area contributed by atoms with Crippen LogP contribution in [-0.4, -0.2) is 42.8 Å². The van der Waals surface area contributed by atoms with E-state index in [0.717, 1.165) is 0 Å². The normalized spacial score (nSPS) is 15.4. The van der Waals surface area contributed by atoms with Crippen molar-refractivity contribution < 1.29 is 18.7 Å². The second-order valence-electron chi connectivity index (χ2n) is 6.07. The van der Waals surface area contributed by atoms with Crippen molar-refractivity contribution in [2.75, 3.05) is 25.5 Å². The van der Waals surface area contributed by atoms with Gasteiger partial charge >= 0.3 is 6.09 Å². The van der Waals surface area contributed by atoms with E-state index in [9.17, 15) is 9.18 Å². The number of ether oxygens (including phenoxy) is 2. The summed E-state index contributed by atoms with van der Waals surface area (Å²) in [6.45, 7) is 6.61. The summed E-state index contributed by atoms with van der Waals surface area (Å²) in [5, 5.41) is 3.23. The molecular formula is C15H21FN2O3. The van der Waals surface area contributed by atoms with Crippen molar-refractivity contribution in [1.82, 2.24) is 4.90 Å². The lowest BCUT2D eigenvalue weighted by Crippen LogP contribution is -2.57. The third-order valence-corrected chi connectivity index (χ3v) is 3.06. The second-order valence-corrected chi connectivity index (χ2v) is 6.07. The molecule has 1 aromatic carbocycles. The molecule has 1 N–H and O–H groups in total. The molecule has 5 nitrogen and oxygen atoms in total. The van der Waals surface area contributed by atoms with Crippen LogP contribution in [0.15, 0.2) is 18.2 Å². The average molecular weight is 296 g/mol. The van der Waals surface area contributed by atoms with Crippen molar-refractivity contribution in [3.63, 3.8) is 0 Å². The van der Waals surface area contributed by atoms with Gasteiger partial charge in [-0.15, -0.1) is 0 Å². The van der Waals surface area contributed by atoms with E-state index >= 15 is 0 Å².